The number of rotatable bonds is 10. The van der Waals surface area contributed by atoms with Crippen molar-refractivity contribution in [3.63, 3.8) is 0 Å². The molecule has 336 valence electrons. The summed E-state index contributed by atoms with van der Waals surface area (Å²) in [5.74, 6) is -1.56. The number of nitrogens with zero attached hydrogens (tertiary/aromatic N) is 9. The third-order valence-corrected chi connectivity index (χ3v) is 13.3. The number of carbonyl (C=O) groups excluding carboxylic acids is 5. The van der Waals surface area contributed by atoms with Gasteiger partial charge in [0.25, 0.3) is 17.7 Å². The van der Waals surface area contributed by atoms with Gasteiger partial charge in [0.05, 0.1) is 17.5 Å². The number of amides is 5. The number of pyridine rings is 1. The number of benzene rings is 2. The number of alkyl halides is 3. The minimum atomic E-state index is -4.64. The number of nitrogens with one attached hydrogen (secondary N) is 3. The second-order valence-corrected chi connectivity index (χ2v) is 17.3. The predicted molar refractivity (Wildman–Crippen MR) is 231 cm³/mol. The zero-order chi connectivity index (χ0) is 45.0. The molecule has 3 N–H and O–H groups in total. The summed E-state index contributed by atoms with van der Waals surface area (Å²) in [6.45, 7) is 6.40. The second kappa shape index (κ2) is 16.9. The Balaban J connectivity index is 0.677. The summed E-state index contributed by atoms with van der Waals surface area (Å²) in [6.07, 6.45) is 1.87. The Bertz CT molecular complexity index is 2690. The Hall–Kier alpha value is -6.96. The molecule has 0 spiro atoms. The van der Waals surface area contributed by atoms with Gasteiger partial charge in [0.15, 0.2) is 17.0 Å². The number of hydrogen-bond donors (Lipinski definition) is 3. The maximum atomic E-state index is 13.4. The summed E-state index contributed by atoms with van der Waals surface area (Å²) in [4.78, 5) is 88.4. The van der Waals surface area contributed by atoms with Gasteiger partial charge in [0.1, 0.15) is 23.8 Å². The zero-order valence-electron chi connectivity index (χ0n) is 35.1. The highest BCUT2D eigenvalue weighted by atomic mass is 19.4. The highest BCUT2D eigenvalue weighted by molar-refractivity contribution is 6.23. The maximum absolute atomic E-state index is 13.4. The molecule has 7 heterocycles. The van der Waals surface area contributed by atoms with E-state index in [1.165, 1.54) is 18.5 Å². The van der Waals surface area contributed by atoms with Crippen LogP contribution in [0.15, 0.2) is 73.3 Å². The van der Waals surface area contributed by atoms with Gasteiger partial charge in [-0.05, 0) is 92.6 Å². The van der Waals surface area contributed by atoms with E-state index in [9.17, 15) is 37.1 Å². The number of aromatic nitrogens is 5. The van der Waals surface area contributed by atoms with Crippen LogP contribution in [0.3, 0.4) is 0 Å². The van der Waals surface area contributed by atoms with Crippen LogP contribution in [0.2, 0.25) is 0 Å². The lowest BCUT2D eigenvalue weighted by Gasteiger charge is -2.40. The topological polar surface area (TPSA) is 191 Å². The number of anilines is 4. The molecule has 20 heteroatoms. The molecule has 0 radical (unpaired) electrons. The van der Waals surface area contributed by atoms with E-state index >= 15 is 0 Å². The number of fused-ring (bicyclic) bond motifs is 2. The van der Waals surface area contributed by atoms with Gasteiger partial charge in [0.2, 0.25) is 11.8 Å². The molecule has 1 atom stereocenters. The van der Waals surface area contributed by atoms with Gasteiger partial charge in [-0.25, -0.2) is 19.9 Å². The minimum absolute atomic E-state index is 0.00974. The molecule has 1 saturated carbocycles. The van der Waals surface area contributed by atoms with Gasteiger partial charge in [-0.15, -0.1) is 0 Å². The number of imide groups is 2. The van der Waals surface area contributed by atoms with Crippen molar-refractivity contribution in [2.75, 3.05) is 60.9 Å². The Morgan fingerprint density at radius 3 is 2.26 bits per heavy atom. The van der Waals surface area contributed by atoms with E-state index in [1.54, 1.807) is 18.5 Å². The normalized spacial score (nSPS) is 22.0. The molecule has 4 fully saturated rings. The van der Waals surface area contributed by atoms with E-state index in [4.69, 9.17) is 0 Å². The molecule has 1 aliphatic carbocycles. The number of hydrogen-bond acceptors (Lipinski definition) is 13. The van der Waals surface area contributed by atoms with Crippen molar-refractivity contribution in [1.82, 2.24) is 44.9 Å². The first-order valence-corrected chi connectivity index (χ1v) is 21.8. The molecule has 5 aliphatic rings. The first-order chi connectivity index (χ1) is 31.4. The van der Waals surface area contributed by atoms with Crippen LogP contribution < -0.4 is 25.8 Å². The largest absolute Gasteiger partial charge is 0.433 e. The highest BCUT2D eigenvalue weighted by Gasteiger charge is 2.45. The summed E-state index contributed by atoms with van der Waals surface area (Å²) in [5, 5.41) is 8.40. The molecule has 0 bridgehead atoms. The third-order valence-electron chi connectivity index (χ3n) is 13.3. The fourth-order valence-electron chi connectivity index (χ4n) is 9.60. The quantitative estimate of drug-likeness (QED) is 0.166. The number of piperazine rings is 1. The van der Waals surface area contributed by atoms with E-state index in [2.05, 4.69) is 62.7 Å². The van der Waals surface area contributed by atoms with E-state index in [-0.39, 0.29) is 36.2 Å². The summed E-state index contributed by atoms with van der Waals surface area (Å²) in [5.41, 5.74) is 3.28. The van der Waals surface area contributed by atoms with Crippen LogP contribution in [-0.4, -0.2) is 122 Å². The molecular weight excluding hydrogens is 846 g/mol. The van der Waals surface area contributed by atoms with Gasteiger partial charge in [-0.3, -0.25) is 39.1 Å². The Morgan fingerprint density at radius 1 is 0.800 bits per heavy atom. The van der Waals surface area contributed by atoms with Crippen LogP contribution in [-0.2, 0) is 15.8 Å². The van der Waals surface area contributed by atoms with Crippen molar-refractivity contribution in [3.8, 4) is 0 Å². The van der Waals surface area contributed by atoms with Gasteiger partial charge in [0, 0.05) is 81.4 Å². The van der Waals surface area contributed by atoms with Crippen molar-refractivity contribution in [1.29, 1.82) is 0 Å². The van der Waals surface area contributed by atoms with E-state index in [0.29, 0.717) is 41.3 Å². The standard InChI is InChI=1S/C45H45F3N12O5/c46-45(47,48)36-3-1-2-34(54-36)41(62)53-28-20-31(21-28)59-25-51-38-39(49-24-50-40(38)59)52-27-4-6-29(7-5-27)58-18-16-56(17-19-58)23-26-12-14-57(15-13-26)30-8-9-32-33(22-30)44(65)60(43(32)64)35-10-11-37(61)55-42(35)63/h1-9,22,24-26,28,31,35H,10-21,23H2,(H,53,62)(H,49,50,52)(H,55,61,63). The lowest BCUT2D eigenvalue weighted by atomic mass is 9.86. The Labute approximate surface area is 370 Å². The molecule has 3 saturated heterocycles. The van der Waals surface area contributed by atoms with Crippen LogP contribution in [0.1, 0.15) is 81.5 Å². The SMILES string of the molecule is O=C1CCC(N2C(=O)c3ccc(N4CCC(CN5CCN(c6ccc(Nc7ncnc8c7ncn8C7CC(NC(=O)c8cccc(C(F)(F)F)n8)C7)cc6)CC5)CC4)cc3C2=O)C(=O)N1. The summed E-state index contributed by atoms with van der Waals surface area (Å²) < 4.78 is 41.2. The molecule has 65 heavy (non-hydrogen) atoms. The Morgan fingerprint density at radius 2 is 1.52 bits per heavy atom. The molecular formula is C45H45F3N12O5. The fourth-order valence-corrected chi connectivity index (χ4v) is 9.60. The number of piperidine rings is 2. The van der Waals surface area contributed by atoms with Gasteiger partial charge < -0.3 is 25.0 Å². The van der Waals surface area contributed by atoms with Crippen LogP contribution in [0, 0.1) is 5.92 Å². The van der Waals surface area contributed by atoms with Gasteiger partial charge >= 0.3 is 6.18 Å². The minimum Gasteiger partial charge on any atom is -0.371 e. The highest BCUT2D eigenvalue weighted by Crippen LogP contribution is 2.37. The number of carbonyl (C=O) groups is 5. The zero-order valence-corrected chi connectivity index (χ0v) is 35.1. The molecule has 10 rings (SSSR count). The van der Waals surface area contributed by atoms with Crippen LogP contribution >= 0.6 is 0 Å². The first-order valence-electron chi connectivity index (χ1n) is 21.8. The van der Waals surface area contributed by atoms with Crippen molar-refractivity contribution >= 4 is 63.6 Å². The smallest absolute Gasteiger partial charge is 0.371 e. The molecule has 2 aromatic carbocycles. The number of halogens is 3. The van der Waals surface area contributed by atoms with Crippen molar-refractivity contribution in [2.24, 2.45) is 5.92 Å². The fraction of sp³-hybridized carbons (Fsp3) is 0.400. The Kier molecular flexibility index (Phi) is 10.9. The predicted octanol–water partition coefficient (Wildman–Crippen LogP) is 4.56. The molecule has 5 amide bonds. The summed E-state index contributed by atoms with van der Waals surface area (Å²) >= 11 is 0. The van der Waals surface area contributed by atoms with Crippen molar-refractivity contribution < 1.29 is 37.1 Å². The summed E-state index contributed by atoms with van der Waals surface area (Å²) in [7, 11) is 0. The molecule has 1 unspecified atom stereocenters. The van der Waals surface area contributed by atoms with Crippen LogP contribution in [0.5, 0.6) is 0 Å². The molecule has 5 aromatic rings. The third kappa shape index (κ3) is 8.33. The average Bonchev–Trinajstić information content (AvgIpc) is 3.83. The monoisotopic (exact) mass is 890 g/mol. The first kappa shape index (κ1) is 42.0. The lowest BCUT2D eigenvalue weighted by Crippen LogP contribution is -2.54. The van der Waals surface area contributed by atoms with E-state index < -0.39 is 47.4 Å². The second-order valence-electron chi connectivity index (χ2n) is 17.3. The average molecular weight is 891 g/mol. The van der Waals surface area contributed by atoms with Crippen LogP contribution in [0.25, 0.3) is 11.2 Å². The maximum Gasteiger partial charge on any atom is 0.433 e. The van der Waals surface area contributed by atoms with Crippen LogP contribution in [0.4, 0.5) is 36.1 Å². The van der Waals surface area contributed by atoms with Crippen molar-refractivity contribution in [3.05, 3.63) is 95.8 Å². The summed E-state index contributed by atoms with van der Waals surface area (Å²) in [6, 6.07) is 15.6. The number of imidazole rings is 1. The van der Waals surface area contributed by atoms with E-state index in [0.717, 1.165) is 86.7 Å². The molecule has 3 aromatic heterocycles. The molecule has 4 aliphatic heterocycles. The van der Waals surface area contributed by atoms with Gasteiger partial charge in [-0.1, -0.05) is 6.07 Å². The molecule has 17 nitrogen and oxygen atoms in total. The lowest BCUT2D eigenvalue weighted by molar-refractivity contribution is -0.141. The van der Waals surface area contributed by atoms with Crippen molar-refractivity contribution in [2.45, 2.75) is 62.8 Å². The van der Waals surface area contributed by atoms with E-state index in [1.807, 2.05) is 22.8 Å². The van der Waals surface area contributed by atoms with Gasteiger partial charge in [-0.2, -0.15) is 13.2 Å².